The predicted octanol–water partition coefficient (Wildman–Crippen LogP) is 1.31. The predicted molar refractivity (Wildman–Crippen MR) is 77.5 cm³/mol. The van der Waals surface area contributed by atoms with Gasteiger partial charge in [-0.15, -0.1) is 11.3 Å². The number of methoxy groups -OCH3 is 1. The highest BCUT2D eigenvalue weighted by molar-refractivity contribution is 7.10. The van der Waals surface area contributed by atoms with Crippen LogP contribution < -0.4 is 0 Å². The molecule has 0 saturated carbocycles. The molecule has 0 bridgehead atoms. The molecule has 0 aliphatic carbocycles. The molecule has 5 nitrogen and oxygen atoms in total. The number of rotatable bonds is 7. The second kappa shape index (κ2) is 8.01. The molecular weight excluding hydrogens is 278 g/mol. The van der Waals surface area contributed by atoms with Gasteiger partial charge in [0.05, 0.1) is 25.6 Å². The zero-order valence-electron chi connectivity index (χ0n) is 12.0. The summed E-state index contributed by atoms with van der Waals surface area (Å²) >= 11 is 1.52. The third-order valence-corrected chi connectivity index (χ3v) is 3.72. The van der Waals surface area contributed by atoms with E-state index in [1.54, 1.807) is 13.8 Å². The number of thiophene rings is 1. The number of esters is 1. The number of hydrogen-bond acceptors (Lipinski definition) is 5. The van der Waals surface area contributed by atoms with Gasteiger partial charge in [-0.3, -0.25) is 9.59 Å². The first kappa shape index (κ1) is 16.7. The second-order valence-electron chi connectivity index (χ2n) is 4.83. The van der Waals surface area contributed by atoms with E-state index in [1.165, 1.54) is 23.3 Å². The number of carbonyl (C=O) groups is 2. The van der Waals surface area contributed by atoms with Crippen molar-refractivity contribution in [3.8, 4) is 0 Å². The largest absolute Gasteiger partial charge is 0.469 e. The molecule has 0 aliphatic heterocycles. The molecule has 1 rings (SSSR count). The van der Waals surface area contributed by atoms with Crippen LogP contribution in [0.25, 0.3) is 0 Å². The van der Waals surface area contributed by atoms with Crippen LogP contribution >= 0.6 is 11.3 Å². The van der Waals surface area contributed by atoms with Crippen molar-refractivity contribution in [2.75, 3.05) is 20.2 Å². The summed E-state index contributed by atoms with van der Waals surface area (Å²) in [5.41, 5.74) is 0. The highest BCUT2D eigenvalue weighted by Crippen LogP contribution is 2.12. The fourth-order valence-electron chi connectivity index (χ4n) is 1.88. The minimum atomic E-state index is -0.632. The summed E-state index contributed by atoms with van der Waals surface area (Å²) in [6.07, 6.45) is -0.342. The van der Waals surface area contributed by atoms with Crippen molar-refractivity contribution in [1.82, 2.24) is 4.90 Å². The summed E-state index contributed by atoms with van der Waals surface area (Å²) in [4.78, 5) is 26.2. The van der Waals surface area contributed by atoms with Crippen molar-refractivity contribution in [2.45, 2.75) is 26.4 Å². The lowest BCUT2D eigenvalue weighted by molar-refractivity contribution is -0.146. The topological polar surface area (TPSA) is 66.8 Å². The van der Waals surface area contributed by atoms with E-state index < -0.39 is 12.0 Å². The van der Waals surface area contributed by atoms with Crippen molar-refractivity contribution >= 4 is 23.2 Å². The molecule has 112 valence electrons. The maximum absolute atomic E-state index is 12.3. The molecule has 0 aromatic carbocycles. The van der Waals surface area contributed by atoms with Gasteiger partial charge < -0.3 is 14.7 Å². The van der Waals surface area contributed by atoms with Gasteiger partial charge in [-0.1, -0.05) is 13.0 Å². The van der Waals surface area contributed by atoms with Crippen molar-refractivity contribution in [1.29, 1.82) is 0 Å². The fraction of sp³-hybridized carbons (Fsp3) is 0.571. The summed E-state index contributed by atoms with van der Waals surface area (Å²) in [5, 5.41) is 11.4. The Balaban J connectivity index is 2.67. The first-order valence-electron chi connectivity index (χ1n) is 6.50. The molecule has 6 heteroatoms. The van der Waals surface area contributed by atoms with E-state index in [0.717, 1.165) is 4.88 Å². The summed E-state index contributed by atoms with van der Waals surface area (Å²) in [6.45, 7) is 3.79. The van der Waals surface area contributed by atoms with Gasteiger partial charge >= 0.3 is 5.97 Å². The molecule has 0 saturated heterocycles. The standard InChI is InChI=1S/C14H21NO4S/c1-10(14(18)19-3)8-15(9-11(2)16)13(17)7-12-5-4-6-20-12/h4-6,10-11,16H,7-9H2,1-3H3. The molecule has 0 fully saturated rings. The van der Waals surface area contributed by atoms with Gasteiger partial charge in [-0.05, 0) is 18.4 Å². The fourth-order valence-corrected chi connectivity index (χ4v) is 2.57. The molecule has 2 unspecified atom stereocenters. The first-order chi connectivity index (χ1) is 9.43. The van der Waals surface area contributed by atoms with Gasteiger partial charge in [0.25, 0.3) is 0 Å². The SMILES string of the molecule is COC(=O)C(C)CN(CC(C)O)C(=O)Cc1cccs1. The van der Waals surface area contributed by atoms with E-state index in [-0.39, 0.29) is 31.4 Å². The average molecular weight is 299 g/mol. The van der Waals surface area contributed by atoms with E-state index in [1.807, 2.05) is 17.5 Å². The quantitative estimate of drug-likeness (QED) is 0.771. The van der Waals surface area contributed by atoms with Crippen LogP contribution in [0, 0.1) is 5.92 Å². The number of ether oxygens (including phenoxy) is 1. The van der Waals surface area contributed by atoms with Gasteiger partial charge in [0.1, 0.15) is 0 Å². The minimum Gasteiger partial charge on any atom is -0.469 e. The molecule has 2 atom stereocenters. The van der Waals surface area contributed by atoms with Gasteiger partial charge in [0.2, 0.25) is 5.91 Å². The molecule has 20 heavy (non-hydrogen) atoms. The molecule has 1 aromatic rings. The van der Waals surface area contributed by atoms with Gasteiger partial charge in [0.15, 0.2) is 0 Å². The van der Waals surface area contributed by atoms with Crippen LogP contribution in [0.1, 0.15) is 18.7 Å². The van der Waals surface area contributed by atoms with Crippen LogP contribution in [0.5, 0.6) is 0 Å². The number of aliphatic hydroxyl groups excluding tert-OH is 1. The Hall–Kier alpha value is -1.40. The molecule has 0 aliphatic rings. The van der Waals surface area contributed by atoms with Gasteiger partial charge in [-0.25, -0.2) is 0 Å². The number of aliphatic hydroxyl groups is 1. The lowest BCUT2D eigenvalue weighted by Crippen LogP contribution is -2.41. The van der Waals surface area contributed by atoms with E-state index >= 15 is 0 Å². The van der Waals surface area contributed by atoms with Gasteiger partial charge in [-0.2, -0.15) is 0 Å². The Morgan fingerprint density at radius 1 is 1.40 bits per heavy atom. The minimum absolute atomic E-state index is 0.0934. The Kier molecular flexibility index (Phi) is 6.67. The van der Waals surface area contributed by atoms with Crippen molar-refractivity contribution in [3.05, 3.63) is 22.4 Å². The smallest absolute Gasteiger partial charge is 0.310 e. The van der Waals surface area contributed by atoms with Crippen LogP contribution in [0.4, 0.5) is 0 Å². The monoisotopic (exact) mass is 299 g/mol. The van der Waals surface area contributed by atoms with Crippen molar-refractivity contribution in [2.24, 2.45) is 5.92 Å². The molecular formula is C14H21NO4S. The van der Waals surface area contributed by atoms with E-state index in [9.17, 15) is 14.7 Å². The van der Waals surface area contributed by atoms with Crippen LogP contribution in [0.3, 0.4) is 0 Å². The zero-order chi connectivity index (χ0) is 15.1. The lowest BCUT2D eigenvalue weighted by atomic mass is 10.1. The second-order valence-corrected chi connectivity index (χ2v) is 5.86. The van der Waals surface area contributed by atoms with E-state index in [4.69, 9.17) is 0 Å². The molecule has 0 radical (unpaired) electrons. The van der Waals surface area contributed by atoms with Crippen LogP contribution in [-0.2, 0) is 20.7 Å². The lowest BCUT2D eigenvalue weighted by Gasteiger charge is -2.26. The highest BCUT2D eigenvalue weighted by atomic mass is 32.1. The number of nitrogens with zero attached hydrogens (tertiary/aromatic N) is 1. The normalized spacial score (nSPS) is 13.6. The molecule has 1 amide bonds. The maximum atomic E-state index is 12.3. The van der Waals surface area contributed by atoms with Crippen LogP contribution in [0.15, 0.2) is 17.5 Å². The van der Waals surface area contributed by atoms with Gasteiger partial charge in [0, 0.05) is 18.0 Å². The average Bonchev–Trinajstić information content (AvgIpc) is 2.89. The summed E-state index contributed by atoms with van der Waals surface area (Å²) in [6, 6.07) is 3.79. The Labute approximate surface area is 123 Å². The van der Waals surface area contributed by atoms with Crippen LogP contribution in [-0.4, -0.2) is 48.2 Å². The molecule has 1 aromatic heterocycles. The Bertz CT molecular complexity index is 430. The van der Waals surface area contributed by atoms with E-state index in [0.29, 0.717) is 0 Å². The Morgan fingerprint density at radius 2 is 2.10 bits per heavy atom. The van der Waals surface area contributed by atoms with Crippen molar-refractivity contribution in [3.63, 3.8) is 0 Å². The van der Waals surface area contributed by atoms with Crippen molar-refractivity contribution < 1.29 is 19.4 Å². The summed E-state index contributed by atoms with van der Waals surface area (Å²) < 4.78 is 4.67. The number of hydrogen-bond donors (Lipinski definition) is 1. The third-order valence-electron chi connectivity index (χ3n) is 2.84. The maximum Gasteiger partial charge on any atom is 0.310 e. The van der Waals surface area contributed by atoms with Crippen LogP contribution in [0.2, 0.25) is 0 Å². The summed E-state index contributed by atoms with van der Waals surface area (Å²) in [5.74, 6) is -0.861. The number of amides is 1. The first-order valence-corrected chi connectivity index (χ1v) is 7.38. The zero-order valence-corrected chi connectivity index (χ0v) is 12.9. The third kappa shape index (κ3) is 5.30. The molecule has 1 heterocycles. The van der Waals surface area contributed by atoms with E-state index in [2.05, 4.69) is 4.74 Å². The summed E-state index contributed by atoms with van der Waals surface area (Å²) in [7, 11) is 1.32. The highest BCUT2D eigenvalue weighted by Gasteiger charge is 2.22. The Morgan fingerprint density at radius 3 is 2.60 bits per heavy atom. The molecule has 0 spiro atoms. The number of carbonyl (C=O) groups excluding carboxylic acids is 2. The molecule has 1 N–H and O–H groups in total.